The predicted octanol–water partition coefficient (Wildman–Crippen LogP) is 3.19. The molecule has 11 heteroatoms. The van der Waals surface area contributed by atoms with Crippen molar-refractivity contribution < 1.29 is 13.8 Å². The van der Waals surface area contributed by atoms with Crippen LogP contribution in [-0.2, 0) is 30.2 Å². The van der Waals surface area contributed by atoms with Gasteiger partial charge in [0.2, 0.25) is 5.95 Å². The van der Waals surface area contributed by atoms with E-state index < -0.39 is 10.8 Å². The number of aromatic nitrogens is 4. The highest BCUT2D eigenvalue weighted by atomic mass is 32.2. The van der Waals surface area contributed by atoms with Gasteiger partial charge in [-0.05, 0) is 62.7 Å². The van der Waals surface area contributed by atoms with E-state index >= 15 is 0 Å². The van der Waals surface area contributed by atoms with Gasteiger partial charge in [-0.15, -0.1) is 0 Å². The Kier molecular flexibility index (Phi) is 8.94. The molecule has 10 nitrogen and oxygen atoms in total. The minimum atomic E-state index is -0.905. The van der Waals surface area contributed by atoms with E-state index in [1.807, 2.05) is 67.5 Å². The number of hydrogen-bond donors (Lipinski definition) is 3. The highest BCUT2D eigenvalue weighted by Crippen LogP contribution is 2.28. The fraction of sp³-hybridized carbons (Fsp3) is 0.308. The smallest absolute Gasteiger partial charge is 0.263 e. The van der Waals surface area contributed by atoms with E-state index in [2.05, 4.69) is 25.4 Å². The number of aryl methyl sites for hydroxylation is 1. The first-order valence-electron chi connectivity index (χ1n) is 12.0. The molecule has 0 aliphatic carbocycles. The van der Waals surface area contributed by atoms with Crippen molar-refractivity contribution in [2.24, 2.45) is 0 Å². The first kappa shape index (κ1) is 26.4. The zero-order chi connectivity index (χ0) is 26.2. The van der Waals surface area contributed by atoms with Crippen LogP contribution in [0.1, 0.15) is 23.4 Å². The quantitative estimate of drug-likeness (QED) is 0.332. The van der Waals surface area contributed by atoms with Gasteiger partial charge in [0.05, 0.1) is 17.3 Å². The van der Waals surface area contributed by atoms with Crippen LogP contribution >= 0.6 is 0 Å². The molecule has 4 aromatic rings. The summed E-state index contributed by atoms with van der Waals surface area (Å²) in [6.45, 7) is 0.803. The molecule has 1 atom stereocenters. The maximum absolute atomic E-state index is 12.1. The van der Waals surface area contributed by atoms with Crippen molar-refractivity contribution in [3.63, 3.8) is 0 Å². The third-order valence-corrected chi connectivity index (χ3v) is 7.10. The monoisotopic (exact) mass is 521 g/mol. The number of nitrogens with two attached hydrogens (primary N) is 1. The van der Waals surface area contributed by atoms with Crippen LogP contribution in [0, 0.1) is 0 Å². The maximum atomic E-state index is 12.1. The number of fused-ring (bicyclic) bond motifs is 1. The van der Waals surface area contributed by atoms with Gasteiger partial charge < -0.3 is 25.6 Å². The van der Waals surface area contributed by atoms with Crippen LogP contribution in [0.4, 0.5) is 17.5 Å². The second kappa shape index (κ2) is 12.5. The van der Waals surface area contributed by atoms with Crippen molar-refractivity contribution in [2.75, 3.05) is 37.5 Å². The lowest BCUT2D eigenvalue weighted by Gasteiger charge is -2.16. The molecule has 2 aromatic heterocycles. The third-order valence-electron chi connectivity index (χ3n) is 5.56. The van der Waals surface area contributed by atoms with Gasteiger partial charge in [-0.3, -0.25) is 4.21 Å². The summed E-state index contributed by atoms with van der Waals surface area (Å²) in [6.07, 6.45) is 4.18. The summed E-state index contributed by atoms with van der Waals surface area (Å²) in [4.78, 5) is 15.8. The second-order valence-corrected chi connectivity index (χ2v) is 10.3. The Balaban J connectivity index is 0.000000301. The van der Waals surface area contributed by atoms with E-state index in [1.54, 1.807) is 6.20 Å². The molecule has 1 aliphatic heterocycles. The number of aliphatic hydroxyl groups excluding tert-OH is 1. The average Bonchev–Trinajstić information content (AvgIpc) is 3.33. The summed E-state index contributed by atoms with van der Waals surface area (Å²) < 4.78 is 17.3. The van der Waals surface area contributed by atoms with Crippen molar-refractivity contribution >= 4 is 28.3 Å². The topological polar surface area (TPSA) is 143 Å². The molecule has 0 spiro atoms. The maximum Gasteiger partial charge on any atom is 0.263 e. The van der Waals surface area contributed by atoms with Crippen molar-refractivity contribution in [1.29, 1.82) is 0 Å². The Morgan fingerprint density at radius 3 is 2.70 bits per heavy atom. The number of rotatable bonds is 7. The molecule has 3 heterocycles. The first-order valence-corrected chi connectivity index (χ1v) is 13.3. The zero-order valence-corrected chi connectivity index (χ0v) is 21.7. The van der Waals surface area contributed by atoms with Crippen molar-refractivity contribution in [3.8, 4) is 11.5 Å². The van der Waals surface area contributed by atoms with Crippen molar-refractivity contribution in [3.05, 3.63) is 71.7 Å². The van der Waals surface area contributed by atoms with Gasteiger partial charge in [-0.2, -0.15) is 9.97 Å². The van der Waals surface area contributed by atoms with Crippen LogP contribution in [0.5, 0.6) is 0 Å². The summed E-state index contributed by atoms with van der Waals surface area (Å²) in [5, 5.41) is 15.6. The molecular weight excluding hydrogens is 490 g/mol. The van der Waals surface area contributed by atoms with E-state index in [0.29, 0.717) is 23.9 Å². The van der Waals surface area contributed by atoms with Gasteiger partial charge in [0.1, 0.15) is 11.4 Å². The van der Waals surface area contributed by atoms with E-state index in [9.17, 15) is 4.21 Å². The van der Waals surface area contributed by atoms with Crippen LogP contribution < -0.4 is 11.1 Å². The Morgan fingerprint density at radius 2 is 1.97 bits per heavy atom. The number of aliphatic hydroxyl groups is 1. The number of nitrogens with one attached hydrogen (secondary N) is 1. The summed E-state index contributed by atoms with van der Waals surface area (Å²) >= 11 is 0. The first-order chi connectivity index (χ1) is 17.9. The van der Waals surface area contributed by atoms with Gasteiger partial charge in [0.15, 0.2) is 5.82 Å². The second-order valence-electron chi connectivity index (χ2n) is 8.81. The molecular formula is C26H31N7O3S. The molecule has 194 valence electrons. The Hall–Kier alpha value is -3.67. The van der Waals surface area contributed by atoms with E-state index in [-0.39, 0.29) is 18.3 Å². The molecule has 5 rings (SSSR count). The lowest BCUT2D eigenvalue weighted by atomic mass is 10.1. The Labute approximate surface area is 218 Å². The highest BCUT2D eigenvalue weighted by Gasteiger charge is 2.17. The van der Waals surface area contributed by atoms with E-state index in [0.717, 1.165) is 41.2 Å². The van der Waals surface area contributed by atoms with Crippen LogP contribution in [0.2, 0.25) is 0 Å². The average molecular weight is 522 g/mol. The zero-order valence-electron chi connectivity index (χ0n) is 20.9. The van der Waals surface area contributed by atoms with Crippen LogP contribution in [0.15, 0.2) is 64.1 Å². The standard InChI is InChI=1S/C18H21N7O2S.C8H10O/c1-25(2)10-15-22-17(27-24-15)13-9-20-18(23-16(13)19)21-12-5-6-14-11(8-12)4-3-7-28(14)26;9-7-6-8-4-2-1-3-5-8/h5-6,8-9H,3-4,7,10H2,1-2H3,(H3,19,20,21,23);1-5,9H,6-7H2. The minimum absolute atomic E-state index is 0.240. The summed E-state index contributed by atoms with van der Waals surface area (Å²) in [5.41, 5.74) is 9.69. The van der Waals surface area contributed by atoms with Gasteiger partial charge in [0, 0.05) is 29.1 Å². The number of nitrogens with zero attached hydrogens (tertiary/aromatic N) is 5. The third kappa shape index (κ3) is 7.19. The lowest BCUT2D eigenvalue weighted by Crippen LogP contribution is -2.11. The van der Waals surface area contributed by atoms with Gasteiger partial charge in [0.25, 0.3) is 5.89 Å². The molecule has 2 aromatic carbocycles. The molecule has 0 saturated carbocycles. The van der Waals surface area contributed by atoms with E-state index in [1.165, 1.54) is 5.56 Å². The number of nitrogen functional groups attached to an aromatic ring is 1. The molecule has 0 fully saturated rings. The molecule has 0 saturated heterocycles. The van der Waals surface area contributed by atoms with Gasteiger partial charge in [-0.1, -0.05) is 35.5 Å². The van der Waals surface area contributed by atoms with Crippen LogP contribution in [0.25, 0.3) is 11.5 Å². The van der Waals surface area contributed by atoms with Crippen molar-refractivity contribution in [2.45, 2.75) is 30.7 Å². The summed E-state index contributed by atoms with van der Waals surface area (Å²) in [5.74, 6) is 2.19. The highest BCUT2D eigenvalue weighted by molar-refractivity contribution is 7.85. The molecule has 0 amide bonds. The Bertz CT molecular complexity index is 1350. The largest absolute Gasteiger partial charge is 0.396 e. The van der Waals surface area contributed by atoms with E-state index in [4.69, 9.17) is 15.4 Å². The Morgan fingerprint density at radius 1 is 1.16 bits per heavy atom. The van der Waals surface area contributed by atoms with Crippen LogP contribution in [0.3, 0.4) is 0 Å². The number of anilines is 3. The fourth-order valence-corrected chi connectivity index (χ4v) is 5.11. The minimum Gasteiger partial charge on any atom is -0.396 e. The van der Waals surface area contributed by atoms with Crippen LogP contribution in [-0.4, -0.2) is 60.8 Å². The number of benzene rings is 2. The lowest BCUT2D eigenvalue weighted by molar-refractivity contribution is 0.299. The molecule has 1 unspecified atom stereocenters. The molecule has 0 bridgehead atoms. The van der Waals surface area contributed by atoms with Crippen molar-refractivity contribution in [1.82, 2.24) is 25.0 Å². The molecule has 0 radical (unpaired) electrons. The fourth-order valence-electron chi connectivity index (χ4n) is 3.81. The summed E-state index contributed by atoms with van der Waals surface area (Å²) in [7, 11) is 2.94. The number of hydrogen-bond acceptors (Lipinski definition) is 10. The predicted molar refractivity (Wildman–Crippen MR) is 144 cm³/mol. The summed E-state index contributed by atoms with van der Waals surface area (Å²) in [6, 6.07) is 15.7. The molecule has 1 aliphatic rings. The molecule has 37 heavy (non-hydrogen) atoms. The van der Waals surface area contributed by atoms with Gasteiger partial charge >= 0.3 is 0 Å². The SMILES string of the molecule is CN(C)Cc1noc(-c2cnc(Nc3ccc4c(c3)CCCS4=O)nc2N)n1.OCCc1ccccc1. The normalized spacial score (nSPS) is 14.5. The molecule has 4 N–H and O–H groups in total. The van der Waals surface area contributed by atoms with Gasteiger partial charge in [-0.25, -0.2) is 4.98 Å².